The molecule has 3 atom stereocenters. The zero-order chi connectivity index (χ0) is 27.0. The molecule has 0 bridgehead atoms. The predicted octanol–water partition coefficient (Wildman–Crippen LogP) is 0.554. The lowest BCUT2D eigenvalue weighted by molar-refractivity contribution is -0.144. The van der Waals surface area contributed by atoms with E-state index in [1.165, 1.54) is 4.90 Å². The quantitative estimate of drug-likeness (QED) is 0.193. The normalized spacial score (nSPS) is 24.2. The molecule has 2 aliphatic heterocycles. The number of carbonyl (C=O) groups excluding carboxylic acids is 5. The SMILES string of the molecule is CC1(C)NC(=O)[C@H](Cc2ccccc2)NC(=O)[C@H]2CCCN2C(=O)[C@H](CCCCCC(=O)NO)NC1=O. The van der Waals surface area contributed by atoms with Crippen molar-refractivity contribution in [2.24, 2.45) is 0 Å². The van der Waals surface area contributed by atoms with Crippen molar-refractivity contribution in [3.05, 3.63) is 35.9 Å². The summed E-state index contributed by atoms with van der Waals surface area (Å²) < 4.78 is 0. The Kier molecular flexibility index (Phi) is 9.62. The van der Waals surface area contributed by atoms with E-state index in [4.69, 9.17) is 5.21 Å². The van der Waals surface area contributed by atoms with Crippen LogP contribution in [0.4, 0.5) is 0 Å². The van der Waals surface area contributed by atoms with Gasteiger partial charge in [0, 0.05) is 19.4 Å². The fourth-order valence-corrected chi connectivity index (χ4v) is 4.74. The lowest BCUT2D eigenvalue weighted by atomic mass is 9.98. The summed E-state index contributed by atoms with van der Waals surface area (Å²) in [4.78, 5) is 66.1. The number of fused-ring (bicyclic) bond motifs is 1. The van der Waals surface area contributed by atoms with E-state index in [1.54, 1.807) is 19.3 Å². The Balaban J connectivity index is 1.80. The molecule has 1 aromatic carbocycles. The Hall–Kier alpha value is -3.47. The first-order valence-electron chi connectivity index (χ1n) is 12.8. The molecule has 1 aromatic rings. The van der Waals surface area contributed by atoms with Crippen molar-refractivity contribution in [2.45, 2.75) is 88.9 Å². The van der Waals surface area contributed by atoms with E-state index in [9.17, 15) is 24.0 Å². The maximum absolute atomic E-state index is 13.5. The summed E-state index contributed by atoms with van der Waals surface area (Å²) in [5.74, 6) is -2.18. The zero-order valence-electron chi connectivity index (χ0n) is 21.4. The van der Waals surface area contributed by atoms with Crippen LogP contribution >= 0.6 is 0 Å². The molecule has 5 amide bonds. The van der Waals surface area contributed by atoms with Gasteiger partial charge in [0.1, 0.15) is 23.7 Å². The molecule has 2 aliphatic rings. The molecule has 5 N–H and O–H groups in total. The summed E-state index contributed by atoms with van der Waals surface area (Å²) in [5.41, 5.74) is 1.11. The molecule has 3 rings (SSSR count). The van der Waals surface area contributed by atoms with E-state index in [0.717, 1.165) is 5.56 Å². The molecule has 0 spiro atoms. The van der Waals surface area contributed by atoms with Gasteiger partial charge in [0.15, 0.2) is 0 Å². The van der Waals surface area contributed by atoms with Crippen LogP contribution < -0.4 is 21.4 Å². The molecular formula is C26H37N5O6. The van der Waals surface area contributed by atoms with Crippen molar-refractivity contribution < 1.29 is 29.2 Å². The highest BCUT2D eigenvalue weighted by molar-refractivity contribution is 5.99. The predicted molar refractivity (Wildman–Crippen MR) is 134 cm³/mol. The minimum absolute atomic E-state index is 0.152. The molecule has 11 heteroatoms. The first kappa shape index (κ1) is 28.1. The van der Waals surface area contributed by atoms with Crippen LogP contribution in [-0.2, 0) is 30.4 Å². The Morgan fingerprint density at radius 2 is 1.76 bits per heavy atom. The van der Waals surface area contributed by atoms with Gasteiger partial charge >= 0.3 is 0 Å². The van der Waals surface area contributed by atoms with Gasteiger partial charge in [-0.15, -0.1) is 0 Å². The number of carbonyl (C=O) groups is 5. The molecule has 2 fully saturated rings. The monoisotopic (exact) mass is 515 g/mol. The molecule has 37 heavy (non-hydrogen) atoms. The Morgan fingerprint density at radius 1 is 1.03 bits per heavy atom. The second-order valence-corrected chi connectivity index (χ2v) is 10.2. The molecule has 0 radical (unpaired) electrons. The summed E-state index contributed by atoms with van der Waals surface area (Å²) in [5, 5.41) is 17.0. The third-order valence-electron chi connectivity index (χ3n) is 6.88. The van der Waals surface area contributed by atoms with E-state index in [2.05, 4.69) is 16.0 Å². The second kappa shape index (κ2) is 12.7. The van der Waals surface area contributed by atoms with Gasteiger partial charge in [0.2, 0.25) is 29.5 Å². The van der Waals surface area contributed by atoms with Crippen LogP contribution in [0.15, 0.2) is 30.3 Å². The van der Waals surface area contributed by atoms with Gasteiger partial charge in [0.05, 0.1) is 0 Å². The topological polar surface area (TPSA) is 157 Å². The largest absolute Gasteiger partial charge is 0.342 e. The first-order chi connectivity index (χ1) is 17.6. The van der Waals surface area contributed by atoms with Gasteiger partial charge in [0.25, 0.3) is 0 Å². The maximum atomic E-state index is 13.5. The number of hydroxylamine groups is 1. The molecule has 2 saturated heterocycles. The van der Waals surface area contributed by atoms with Gasteiger partial charge in [-0.3, -0.25) is 29.2 Å². The van der Waals surface area contributed by atoms with Gasteiger partial charge < -0.3 is 20.9 Å². The smallest absolute Gasteiger partial charge is 0.245 e. The second-order valence-electron chi connectivity index (χ2n) is 10.2. The number of hydrogen-bond donors (Lipinski definition) is 5. The molecule has 2 heterocycles. The molecule has 11 nitrogen and oxygen atoms in total. The van der Waals surface area contributed by atoms with E-state index in [1.807, 2.05) is 30.3 Å². The van der Waals surface area contributed by atoms with Crippen LogP contribution in [0.1, 0.15) is 64.4 Å². The van der Waals surface area contributed by atoms with Crippen molar-refractivity contribution >= 4 is 29.5 Å². The van der Waals surface area contributed by atoms with E-state index in [0.29, 0.717) is 45.1 Å². The third-order valence-corrected chi connectivity index (χ3v) is 6.88. The minimum Gasteiger partial charge on any atom is -0.342 e. The number of nitrogens with one attached hydrogen (secondary N) is 4. The molecule has 0 saturated carbocycles. The standard InChI is InChI=1S/C26H37N5O6/c1-26(2)25(36)28-18(12-7-4-8-14-21(32)30-37)24(35)31-15-9-13-20(31)23(34)27-19(22(33)29-26)16-17-10-5-3-6-11-17/h3,5-6,10-11,18-20,37H,4,7-9,12-16H2,1-2H3,(H,27,34)(H,28,36)(H,29,33)(H,30,32)/t18-,19-,20+/m0/s1. The van der Waals surface area contributed by atoms with E-state index >= 15 is 0 Å². The first-order valence-corrected chi connectivity index (χ1v) is 12.8. The maximum Gasteiger partial charge on any atom is 0.245 e. The van der Waals surface area contributed by atoms with Crippen molar-refractivity contribution in [3.8, 4) is 0 Å². The van der Waals surface area contributed by atoms with Crippen LogP contribution in [-0.4, -0.2) is 69.9 Å². The summed E-state index contributed by atoms with van der Waals surface area (Å²) in [6.45, 7) is 3.50. The number of amides is 5. The van der Waals surface area contributed by atoms with Crippen LogP contribution in [0.2, 0.25) is 0 Å². The lowest BCUT2D eigenvalue weighted by Gasteiger charge is -2.34. The molecule has 0 unspecified atom stereocenters. The van der Waals surface area contributed by atoms with Crippen LogP contribution in [0.5, 0.6) is 0 Å². The number of hydrogen-bond acceptors (Lipinski definition) is 6. The summed E-state index contributed by atoms with van der Waals surface area (Å²) in [6, 6.07) is 6.77. The van der Waals surface area contributed by atoms with Gasteiger partial charge in [-0.05, 0) is 45.1 Å². The summed E-state index contributed by atoms with van der Waals surface area (Å²) in [7, 11) is 0. The minimum atomic E-state index is -1.34. The highest BCUT2D eigenvalue weighted by Gasteiger charge is 2.42. The van der Waals surface area contributed by atoms with Crippen molar-refractivity contribution in [2.75, 3.05) is 6.54 Å². The van der Waals surface area contributed by atoms with Crippen LogP contribution in [0.25, 0.3) is 0 Å². The molecular weight excluding hydrogens is 478 g/mol. The van der Waals surface area contributed by atoms with E-state index in [-0.39, 0.29) is 24.7 Å². The van der Waals surface area contributed by atoms with Crippen LogP contribution in [0, 0.1) is 0 Å². The van der Waals surface area contributed by atoms with Crippen molar-refractivity contribution in [1.82, 2.24) is 26.3 Å². The number of nitrogens with zero attached hydrogens (tertiary/aromatic N) is 1. The Labute approximate surface area is 216 Å². The fourth-order valence-electron chi connectivity index (χ4n) is 4.74. The lowest BCUT2D eigenvalue weighted by Crippen LogP contribution is -2.64. The molecule has 0 aromatic heterocycles. The average molecular weight is 516 g/mol. The summed E-state index contributed by atoms with van der Waals surface area (Å²) in [6.07, 6.45) is 3.50. The zero-order valence-corrected chi connectivity index (χ0v) is 21.4. The van der Waals surface area contributed by atoms with Crippen molar-refractivity contribution in [1.29, 1.82) is 0 Å². The van der Waals surface area contributed by atoms with Gasteiger partial charge in [-0.1, -0.05) is 43.2 Å². The number of rotatable bonds is 8. The highest BCUT2D eigenvalue weighted by atomic mass is 16.5. The Bertz CT molecular complexity index is 998. The van der Waals surface area contributed by atoms with Gasteiger partial charge in [-0.25, -0.2) is 5.48 Å². The third kappa shape index (κ3) is 7.51. The van der Waals surface area contributed by atoms with Gasteiger partial charge in [-0.2, -0.15) is 0 Å². The highest BCUT2D eigenvalue weighted by Crippen LogP contribution is 2.22. The number of unbranched alkanes of at least 4 members (excludes halogenated alkanes) is 2. The van der Waals surface area contributed by atoms with Crippen LogP contribution in [0.3, 0.4) is 0 Å². The fraction of sp³-hybridized carbons (Fsp3) is 0.577. The number of benzene rings is 1. The van der Waals surface area contributed by atoms with Crippen molar-refractivity contribution in [3.63, 3.8) is 0 Å². The Morgan fingerprint density at radius 3 is 2.46 bits per heavy atom. The summed E-state index contributed by atoms with van der Waals surface area (Å²) >= 11 is 0. The average Bonchev–Trinajstić information content (AvgIpc) is 3.36. The molecule has 202 valence electrons. The van der Waals surface area contributed by atoms with E-state index < -0.39 is 41.4 Å². The molecule has 0 aliphatic carbocycles.